The number of aliphatic hydroxyl groups is 5. The van der Waals surface area contributed by atoms with E-state index < -0.39 is 96.9 Å². The second-order valence-corrected chi connectivity index (χ2v) is 8.81. The number of nitrogen functional groups attached to an aromatic ring is 1. The molecule has 9 atom stereocenters. The molecule has 2 fully saturated rings. The summed E-state index contributed by atoms with van der Waals surface area (Å²) in [6, 6.07) is 1.32. The second-order valence-electron chi connectivity index (χ2n) is 8.81. The number of aromatic amines is 1. The largest absolute Gasteiger partial charge is 0.461 e. The first kappa shape index (κ1) is 28.5. The molecule has 0 bridgehead atoms. The van der Waals surface area contributed by atoms with E-state index in [9.17, 15) is 44.7 Å². The highest BCUT2D eigenvalue weighted by Gasteiger charge is 2.47. The molecule has 39 heavy (non-hydrogen) atoms. The number of ether oxygens (including phenoxy) is 4. The lowest BCUT2D eigenvalue weighted by Crippen LogP contribution is -2.40. The van der Waals surface area contributed by atoms with Gasteiger partial charge in [0.2, 0.25) is 0 Å². The van der Waals surface area contributed by atoms with Gasteiger partial charge < -0.3 is 50.2 Å². The standard InChI is InChI=1S/C21H27N5O13/c1-36-15-13(30)9(39-18(15)25-3-2-10(22)23-20(25)34)6-37-19(33)11(28)7-4-26(21(35)24-16(7)32)17-14(31)12(29)8(5-27)38-17/h2-4,8-9,11-15,17-18,27-31H,5-6H2,1H3,(H2,22,23,34)(H,24,32,35)/t8-,9-,11?,12-,13-,14-,15-,17-,18-/m1/s1. The van der Waals surface area contributed by atoms with Crippen LogP contribution in [0.2, 0.25) is 0 Å². The number of hydrogen-bond donors (Lipinski definition) is 7. The Balaban J connectivity index is 1.48. The molecule has 18 nitrogen and oxygen atoms in total. The van der Waals surface area contributed by atoms with E-state index in [-0.39, 0.29) is 5.82 Å². The SMILES string of the molecule is CO[C@@H]1[C@H](O)[C@@H](COC(=O)C(O)c2cn([C@@H]3O[C@H](CO)[C@@H](O)[C@H]3O)c(=O)[nH]c2=O)O[C@H]1n1ccc(N)nc1=O. The number of anilines is 1. The van der Waals surface area contributed by atoms with Crippen molar-refractivity contribution in [3.8, 4) is 0 Å². The first-order valence-electron chi connectivity index (χ1n) is 11.5. The van der Waals surface area contributed by atoms with Crippen molar-refractivity contribution in [3.05, 3.63) is 55.3 Å². The van der Waals surface area contributed by atoms with Crippen LogP contribution in [0.3, 0.4) is 0 Å². The summed E-state index contributed by atoms with van der Waals surface area (Å²) in [4.78, 5) is 54.8. The zero-order chi connectivity index (χ0) is 28.6. The molecule has 4 heterocycles. The number of H-pyrrole nitrogens is 1. The molecule has 8 N–H and O–H groups in total. The molecule has 4 rings (SSSR count). The average molecular weight is 557 g/mol. The van der Waals surface area contributed by atoms with Gasteiger partial charge in [0.25, 0.3) is 5.56 Å². The highest BCUT2D eigenvalue weighted by molar-refractivity contribution is 5.76. The Hall–Kier alpha value is -3.49. The van der Waals surface area contributed by atoms with Gasteiger partial charge in [-0.1, -0.05) is 0 Å². The lowest BCUT2D eigenvalue weighted by molar-refractivity contribution is -0.160. The maximum atomic E-state index is 12.6. The number of nitrogens with zero attached hydrogens (tertiary/aromatic N) is 3. The Morgan fingerprint density at radius 2 is 1.82 bits per heavy atom. The quantitative estimate of drug-likeness (QED) is 0.149. The Bertz CT molecular complexity index is 1370. The van der Waals surface area contributed by atoms with Gasteiger partial charge in [0.05, 0.1) is 12.2 Å². The molecule has 0 saturated carbocycles. The number of methoxy groups -OCH3 is 1. The van der Waals surface area contributed by atoms with Crippen LogP contribution in [-0.2, 0) is 23.7 Å². The van der Waals surface area contributed by atoms with Crippen LogP contribution in [0.4, 0.5) is 5.82 Å². The second kappa shape index (κ2) is 11.3. The van der Waals surface area contributed by atoms with Crippen molar-refractivity contribution in [3.63, 3.8) is 0 Å². The van der Waals surface area contributed by atoms with Crippen molar-refractivity contribution in [2.45, 2.75) is 55.2 Å². The summed E-state index contributed by atoms with van der Waals surface area (Å²) in [5.41, 5.74) is 1.78. The van der Waals surface area contributed by atoms with Crippen LogP contribution >= 0.6 is 0 Å². The van der Waals surface area contributed by atoms with Gasteiger partial charge in [-0.05, 0) is 6.07 Å². The van der Waals surface area contributed by atoms with Crippen molar-refractivity contribution in [1.82, 2.24) is 19.1 Å². The molecule has 18 heteroatoms. The highest BCUT2D eigenvalue weighted by atomic mass is 16.6. The number of nitrogens with two attached hydrogens (primary N) is 1. The number of hydrogen-bond acceptors (Lipinski definition) is 15. The first-order valence-corrected chi connectivity index (χ1v) is 11.5. The number of nitrogens with one attached hydrogen (secondary N) is 1. The van der Waals surface area contributed by atoms with Gasteiger partial charge in [-0.3, -0.25) is 18.9 Å². The summed E-state index contributed by atoms with van der Waals surface area (Å²) in [5.74, 6) is -1.41. The van der Waals surface area contributed by atoms with Gasteiger partial charge in [0.15, 0.2) is 18.6 Å². The third-order valence-corrected chi connectivity index (χ3v) is 6.40. The predicted molar refractivity (Wildman–Crippen MR) is 124 cm³/mol. The van der Waals surface area contributed by atoms with E-state index in [1.54, 1.807) is 0 Å². The van der Waals surface area contributed by atoms with Gasteiger partial charge >= 0.3 is 17.3 Å². The van der Waals surface area contributed by atoms with E-state index in [0.29, 0.717) is 4.57 Å². The predicted octanol–water partition coefficient (Wildman–Crippen LogP) is -5.16. The molecule has 2 saturated heterocycles. The van der Waals surface area contributed by atoms with Crippen LogP contribution in [0, 0.1) is 0 Å². The van der Waals surface area contributed by atoms with Crippen molar-refractivity contribution in [2.24, 2.45) is 0 Å². The van der Waals surface area contributed by atoms with Gasteiger partial charge in [-0.2, -0.15) is 4.98 Å². The molecule has 0 aliphatic carbocycles. The molecule has 0 aromatic carbocycles. The van der Waals surface area contributed by atoms with Crippen LogP contribution in [0.25, 0.3) is 0 Å². The van der Waals surface area contributed by atoms with Crippen molar-refractivity contribution in [2.75, 3.05) is 26.1 Å². The topological polar surface area (TPSA) is 271 Å². The molecule has 1 unspecified atom stereocenters. The fourth-order valence-electron chi connectivity index (χ4n) is 4.32. The summed E-state index contributed by atoms with van der Waals surface area (Å²) >= 11 is 0. The van der Waals surface area contributed by atoms with Crippen LogP contribution < -0.4 is 22.7 Å². The number of carbonyl (C=O) groups is 1. The fraction of sp³-hybridized carbons (Fsp3) is 0.571. The Morgan fingerprint density at radius 1 is 1.13 bits per heavy atom. The third-order valence-electron chi connectivity index (χ3n) is 6.40. The van der Waals surface area contributed by atoms with E-state index >= 15 is 0 Å². The molecular formula is C21H27N5O13. The van der Waals surface area contributed by atoms with Crippen LogP contribution in [0.5, 0.6) is 0 Å². The lowest BCUT2D eigenvalue weighted by atomic mass is 10.1. The molecule has 0 amide bonds. The molecule has 2 aliphatic heterocycles. The Kier molecular flexibility index (Phi) is 8.28. The van der Waals surface area contributed by atoms with Crippen molar-refractivity contribution < 1.29 is 49.3 Å². The third kappa shape index (κ3) is 5.36. The maximum Gasteiger partial charge on any atom is 0.351 e. The van der Waals surface area contributed by atoms with E-state index in [2.05, 4.69) is 4.98 Å². The summed E-state index contributed by atoms with van der Waals surface area (Å²) in [7, 11) is 1.26. The van der Waals surface area contributed by atoms with Gasteiger partial charge in [0.1, 0.15) is 49.0 Å². The summed E-state index contributed by atoms with van der Waals surface area (Å²) in [6.07, 6.45) is -11.1. The molecule has 0 spiro atoms. The molecular weight excluding hydrogens is 530 g/mol. The van der Waals surface area contributed by atoms with E-state index in [1.165, 1.54) is 19.4 Å². The summed E-state index contributed by atoms with van der Waals surface area (Å²) in [6.45, 7) is -1.32. The number of aliphatic hydroxyl groups excluding tert-OH is 5. The van der Waals surface area contributed by atoms with E-state index in [0.717, 1.165) is 10.8 Å². The zero-order valence-electron chi connectivity index (χ0n) is 20.3. The van der Waals surface area contributed by atoms with Crippen molar-refractivity contribution >= 4 is 11.8 Å². The maximum absolute atomic E-state index is 12.6. The fourth-order valence-corrected chi connectivity index (χ4v) is 4.32. The Morgan fingerprint density at radius 3 is 2.44 bits per heavy atom. The summed E-state index contributed by atoms with van der Waals surface area (Å²) in [5, 5.41) is 50.4. The first-order chi connectivity index (χ1) is 18.5. The molecule has 2 aliphatic rings. The number of carbonyl (C=O) groups excluding carboxylic acids is 1. The van der Waals surface area contributed by atoms with E-state index in [4.69, 9.17) is 24.7 Å². The lowest BCUT2D eigenvalue weighted by Gasteiger charge is -2.20. The van der Waals surface area contributed by atoms with Crippen LogP contribution in [0.1, 0.15) is 24.1 Å². The molecule has 214 valence electrons. The monoisotopic (exact) mass is 557 g/mol. The van der Waals surface area contributed by atoms with Gasteiger partial charge in [-0.25, -0.2) is 14.4 Å². The smallest absolute Gasteiger partial charge is 0.351 e. The molecule has 2 aromatic rings. The minimum Gasteiger partial charge on any atom is -0.461 e. The summed E-state index contributed by atoms with van der Waals surface area (Å²) < 4.78 is 22.8. The van der Waals surface area contributed by atoms with Crippen molar-refractivity contribution in [1.29, 1.82) is 0 Å². The average Bonchev–Trinajstić information content (AvgIpc) is 3.37. The van der Waals surface area contributed by atoms with E-state index in [1.807, 2.05) is 4.98 Å². The molecule has 2 aromatic heterocycles. The molecule has 0 radical (unpaired) electrons. The highest BCUT2D eigenvalue weighted by Crippen LogP contribution is 2.31. The number of esters is 1. The minimum atomic E-state index is -2.24. The minimum absolute atomic E-state index is 0.0389. The number of rotatable bonds is 8. The normalized spacial score (nSPS) is 31.3. The Labute approximate surface area is 217 Å². The van der Waals surface area contributed by atoms with Crippen LogP contribution in [-0.4, -0.2) is 108 Å². The zero-order valence-corrected chi connectivity index (χ0v) is 20.3. The number of aromatic nitrogens is 4. The van der Waals surface area contributed by atoms with Crippen LogP contribution in [0.15, 0.2) is 32.8 Å². The van der Waals surface area contributed by atoms with Gasteiger partial charge in [-0.15, -0.1) is 0 Å². The van der Waals surface area contributed by atoms with Gasteiger partial charge in [0, 0.05) is 19.5 Å².